The van der Waals surface area contributed by atoms with Crippen molar-refractivity contribution in [2.24, 2.45) is 0 Å². The Bertz CT molecular complexity index is 621. The molecule has 0 aliphatic heterocycles. The van der Waals surface area contributed by atoms with E-state index in [4.69, 9.17) is 9.52 Å². The van der Waals surface area contributed by atoms with Crippen molar-refractivity contribution in [3.8, 4) is 0 Å². The Hall–Kier alpha value is -1.60. The monoisotopic (exact) mass is 272 g/mol. The molecule has 1 N–H and O–H groups in total. The van der Waals surface area contributed by atoms with Crippen LogP contribution in [0.4, 0.5) is 0 Å². The number of carbonyl (C=O) groups is 1. The second-order valence-electron chi connectivity index (χ2n) is 3.25. The summed E-state index contributed by atoms with van der Waals surface area (Å²) in [6, 6.07) is 4.34. The van der Waals surface area contributed by atoms with Gasteiger partial charge >= 0.3 is 5.97 Å². The molecular weight excluding hydrogens is 264 g/mol. The second-order valence-corrected chi connectivity index (χ2v) is 6.42. The van der Waals surface area contributed by atoms with E-state index < -0.39 is 21.6 Å². The smallest absolute Gasteiger partial charge is 0.339 e. The Morgan fingerprint density at radius 3 is 2.76 bits per heavy atom. The van der Waals surface area contributed by atoms with Crippen molar-refractivity contribution in [3.63, 3.8) is 0 Å². The van der Waals surface area contributed by atoms with Crippen molar-refractivity contribution in [1.29, 1.82) is 0 Å². The molecule has 2 rings (SSSR count). The summed E-state index contributed by atoms with van der Waals surface area (Å²) in [5.41, 5.74) is -0.120. The second kappa shape index (κ2) is 4.34. The van der Waals surface area contributed by atoms with Crippen molar-refractivity contribution >= 4 is 27.1 Å². The summed E-state index contributed by atoms with van der Waals surface area (Å²) in [5.74, 6) is -1.69. The van der Waals surface area contributed by atoms with Gasteiger partial charge in [-0.15, -0.1) is 11.3 Å². The van der Waals surface area contributed by atoms with Crippen molar-refractivity contribution in [2.45, 2.75) is 9.96 Å². The minimum atomic E-state index is -3.53. The normalized spacial score (nSPS) is 11.5. The largest absolute Gasteiger partial charge is 0.478 e. The topological polar surface area (TPSA) is 84.6 Å². The molecule has 7 heteroatoms. The van der Waals surface area contributed by atoms with E-state index in [1.807, 2.05) is 0 Å². The van der Waals surface area contributed by atoms with Crippen LogP contribution >= 0.6 is 11.3 Å². The molecule has 0 unspecified atom stereocenters. The molecule has 0 aliphatic carbocycles. The summed E-state index contributed by atoms with van der Waals surface area (Å²) in [6.07, 6.45) is 1.17. The van der Waals surface area contributed by atoms with Gasteiger partial charge in [0.1, 0.15) is 21.3 Å². The van der Waals surface area contributed by atoms with Gasteiger partial charge in [-0.25, -0.2) is 13.2 Å². The number of carboxylic acids is 1. The average Bonchev–Trinajstić information content (AvgIpc) is 2.85. The highest BCUT2D eigenvalue weighted by molar-refractivity contribution is 7.92. The Balaban J connectivity index is 2.33. The van der Waals surface area contributed by atoms with E-state index in [1.54, 1.807) is 11.4 Å². The maximum atomic E-state index is 11.9. The van der Waals surface area contributed by atoms with E-state index in [9.17, 15) is 13.2 Å². The lowest BCUT2D eigenvalue weighted by Gasteiger charge is -2.00. The van der Waals surface area contributed by atoms with Gasteiger partial charge in [-0.1, -0.05) is 6.07 Å². The molecule has 0 amide bonds. The first kappa shape index (κ1) is 11.9. The van der Waals surface area contributed by atoms with Gasteiger partial charge in [-0.2, -0.15) is 0 Å². The number of sulfone groups is 1. The summed E-state index contributed by atoms with van der Waals surface area (Å²) < 4.78 is 28.9. The van der Waals surface area contributed by atoms with Crippen LogP contribution in [-0.2, 0) is 15.6 Å². The van der Waals surface area contributed by atoms with Gasteiger partial charge in [-0.3, -0.25) is 0 Å². The van der Waals surface area contributed by atoms with Crippen LogP contribution in [0.2, 0.25) is 0 Å². The van der Waals surface area contributed by atoms with Gasteiger partial charge in [0.2, 0.25) is 0 Å². The Labute approximate surface area is 101 Å². The third kappa shape index (κ3) is 2.40. The SMILES string of the molecule is O=C(O)c1ccoc1CS(=O)(=O)c1cccs1. The van der Waals surface area contributed by atoms with Crippen LogP contribution in [-0.4, -0.2) is 19.5 Å². The molecule has 90 valence electrons. The molecule has 0 spiro atoms. The fourth-order valence-corrected chi connectivity index (χ4v) is 3.70. The summed E-state index contributed by atoms with van der Waals surface area (Å²) in [6.45, 7) is 0. The highest BCUT2D eigenvalue weighted by atomic mass is 32.2. The van der Waals surface area contributed by atoms with Crippen LogP contribution in [0.3, 0.4) is 0 Å². The molecule has 0 atom stereocenters. The number of furan rings is 1. The molecule has 0 saturated carbocycles. The minimum absolute atomic E-state index is 0.0501. The fourth-order valence-electron chi connectivity index (χ4n) is 1.33. The zero-order valence-corrected chi connectivity index (χ0v) is 10.1. The number of rotatable bonds is 4. The van der Waals surface area contributed by atoms with Crippen LogP contribution in [0.5, 0.6) is 0 Å². The lowest BCUT2D eigenvalue weighted by atomic mass is 10.3. The van der Waals surface area contributed by atoms with Crippen LogP contribution in [0.15, 0.2) is 38.5 Å². The third-order valence-electron chi connectivity index (χ3n) is 2.10. The number of hydrogen-bond donors (Lipinski definition) is 1. The zero-order chi connectivity index (χ0) is 12.5. The molecule has 5 nitrogen and oxygen atoms in total. The van der Waals surface area contributed by atoms with Gasteiger partial charge < -0.3 is 9.52 Å². The van der Waals surface area contributed by atoms with Gasteiger partial charge in [0.25, 0.3) is 0 Å². The molecule has 17 heavy (non-hydrogen) atoms. The summed E-state index contributed by atoms with van der Waals surface area (Å²) >= 11 is 1.09. The van der Waals surface area contributed by atoms with Crippen molar-refractivity contribution in [3.05, 3.63) is 41.2 Å². The highest BCUT2D eigenvalue weighted by Crippen LogP contribution is 2.23. The van der Waals surface area contributed by atoms with E-state index in [-0.39, 0.29) is 15.5 Å². The number of hydrogen-bond acceptors (Lipinski definition) is 5. The molecular formula is C10H8O5S2. The van der Waals surface area contributed by atoms with Gasteiger partial charge in [-0.05, 0) is 17.5 Å². The molecule has 0 aliphatic rings. The number of aromatic carboxylic acids is 1. The van der Waals surface area contributed by atoms with Gasteiger partial charge in [0.15, 0.2) is 9.84 Å². The highest BCUT2D eigenvalue weighted by Gasteiger charge is 2.22. The summed E-state index contributed by atoms with van der Waals surface area (Å²) in [5, 5.41) is 10.5. The van der Waals surface area contributed by atoms with E-state index in [2.05, 4.69) is 0 Å². The molecule has 0 aromatic carbocycles. The van der Waals surface area contributed by atoms with Crippen LogP contribution in [0.25, 0.3) is 0 Å². The van der Waals surface area contributed by atoms with Crippen molar-refractivity contribution in [2.75, 3.05) is 0 Å². The van der Waals surface area contributed by atoms with Gasteiger partial charge in [0.05, 0.1) is 6.26 Å². The molecule has 0 bridgehead atoms. The quantitative estimate of drug-likeness (QED) is 0.920. The van der Waals surface area contributed by atoms with Crippen molar-refractivity contribution < 1.29 is 22.7 Å². The first-order valence-corrected chi connectivity index (χ1v) is 7.10. The molecule has 2 aromatic heterocycles. The van der Waals surface area contributed by atoms with Crippen LogP contribution in [0, 0.1) is 0 Å². The van der Waals surface area contributed by atoms with Crippen LogP contribution in [0.1, 0.15) is 16.1 Å². The summed E-state index contributed by atoms with van der Waals surface area (Å²) in [4.78, 5) is 10.8. The maximum absolute atomic E-state index is 11.9. The number of carboxylic acid groups (broad SMARTS) is 1. The fraction of sp³-hybridized carbons (Fsp3) is 0.100. The van der Waals surface area contributed by atoms with Crippen LogP contribution < -0.4 is 0 Å². The van der Waals surface area contributed by atoms with E-state index in [1.165, 1.54) is 18.4 Å². The lowest BCUT2D eigenvalue weighted by Crippen LogP contribution is -2.06. The maximum Gasteiger partial charge on any atom is 0.339 e. The average molecular weight is 272 g/mol. The van der Waals surface area contributed by atoms with E-state index in [0.29, 0.717) is 0 Å². The Kier molecular flexibility index (Phi) is 3.03. The molecule has 2 heterocycles. The molecule has 0 fully saturated rings. The lowest BCUT2D eigenvalue weighted by molar-refractivity contribution is 0.0695. The summed E-state index contributed by atoms with van der Waals surface area (Å²) in [7, 11) is -3.53. The minimum Gasteiger partial charge on any atom is -0.478 e. The first-order chi connectivity index (χ1) is 8.00. The molecule has 0 saturated heterocycles. The standard InChI is InChI=1S/C10H8O5S2/c11-10(12)7-3-4-15-8(7)6-17(13,14)9-2-1-5-16-9/h1-5H,6H2,(H,11,12). The Morgan fingerprint density at radius 1 is 1.41 bits per heavy atom. The zero-order valence-electron chi connectivity index (χ0n) is 8.49. The van der Waals surface area contributed by atoms with Crippen molar-refractivity contribution in [1.82, 2.24) is 0 Å². The number of thiophene rings is 1. The van der Waals surface area contributed by atoms with E-state index in [0.717, 1.165) is 11.3 Å². The Morgan fingerprint density at radius 2 is 2.18 bits per heavy atom. The molecule has 0 radical (unpaired) electrons. The first-order valence-electron chi connectivity index (χ1n) is 4.56. The third-order valence-corrected chi connectivity index (χ3v) is 5.20. The molecule has 2 aromatic rings. The van der Waals surface area contributed by atoms with E-state index >= 15 is 0 Å². The van der Waals surface area contributed by atoms with Gasteiger partial charge in [0, 0.05) is 0 Å². The predicted molar refractivity (Wildman–Crippen MR) is 60.9 cm³/mol. The predicted octanol–water partition coefficient (Wildman–Crippen LogP) is 2.01.